The largest absolute Gasteiger partial charge is 0.481 e. The lowest BCUT2D eigenvalue weighted by molar-refractivity contribution is -0.148. The highest BCUT2D eigenvalue weighted by molar-refractivity contribution is 5.77. The van der Waals surface area contributed by atoms with Gasteiger partial charge >= 0.3 is 11.9 Å². The monoisotopic (exact) mass is 336 g/mol. The number of allylic oxidation sites excluding steroid dienone is 1. The summed E-state index contributed by atoms with van der Waals surface area (Å²) in [6, 6.07) is 0. The van der Waals surface area contributed by atoms with E-state index >= 15 is 0 Å². The Morgan fingerprint density at radius 1 is 1.25 bits per heavy atom. The zero-order valence-corrected chi connectivity index (χ0v) is 15.3. The van der Waals surface area contributed by atoms with E-state index in [9.17, 15) is 14.7 Å². The van der Waals surface area contributed by atoms with E-state index in [0.717, 1.165) is 12.8 Å². The molecule has 4 unspecified atom stereocenters. The zero-order valence-electron chi connectivity index (χ0n) is 15.3. The van der Waals surface area contributed by atoms with E-state index in [1.165, 1.54) is 31.3 Å². The lowest BCUT2D eigenvalue weighted by Gasteiger charge is -2.58. The molecule has 2 N–H and O–H groups in total. The molecule has 0 aromatic heterocycles. The minimum Gasteiger partial charge on any atom is -0.481 e. The van der Waals surface area contributed by atoms with Gasteiger partial charge in [-0.05, 0) is 61.2 Å². The Bertz CT molecular complexity index is 522. The standard InChI is InChI=1S/C20H32O4/c1-13-6-9-16-19(2,3)10-5-11-20(16,4)15(13)8-7-14(18(23)24)12-17(21)22/h14-16H,1,5-12H2,2-4H3,(H,21,22)(H,23,24). The van der Waals surface area contributed by atoms with Gasteiger partial charge in [-0.3, -0.25) is 9.59 Å². The Balaban J connectivity index is 2.16. The van der Waals surface area contributed by atoms with Crippen molar-refractivity contribution in [1.29, 1.82) is 0 Å². The first-order valence-corrected chi connectivity index (χ1v) is 9.20. The third-order valence-electron chi connectivity index (χ3n) is 6.89. The van der Waals surface area contributed by atoms with E-state index in [-0.39, 0.29) is 11.8 Å². The van der Waals surface area contributed by atoms with E-state index in [4.69, 9.17) is 5.11 Å². The molecule has 0 bridgehead atoms. The van der Waals surface area contributed by atoms with E-state index in [1.54, 1.807) is 0 Å². The number of carboxylic acids is 2. The molecule has 4 heteroatoms. The van der Waals surface area contributed by atoms with Crippen molar-refractivity contribution < 1.29 is 19.8 Å². The Morgan fingerprint density at radius 2 is 1.92 bits per heavy atom. The fourth-order valence-corrected chi connectivity index (χ4v) is 5.70. The van der Waals surface area contributed by atoms with Crippen LogP contribution in [0.1, 0.15) is 72.1 Å². The van der Waals surface area contributed by atoms with Gasteiger partial charge in [0, 0.05) is 0 Å². The Morgan fingerprint density at radius 3 is 2.50 bits per heavy atom. The van der Waals surface area contributed by atoms with Crippen molar-refractivity contribution in [1.82, 2.24) is 0 Å². The fraction of sp³-hybridized carbons (Fsp3) is 0.800. The summed E-state index contributed by atoms with van der Waals surface area (Å²) in [4.78, 5) is 22.3. The maximum absolute atomic E-state index is 11.4. The minimum absolute atomic E-state index is 0.170. The summed E-state index contributed by atoms with van der Waals surface area (Å²) in [7, 11) is 0. The number of hydrogen-bond acceptors (Lipinski definition) is 2. The van der Waals surface area contributed by atoms with Crippen LogP contribution in [0.25, 0.3) is 0 Å². The SMILES string of the molecule is C=C1CCC2C(C)(C)CCCC2(C)C1CCC(CC(=O)O)C(=O)O. The average Bonchev–Trinajstić information content (AvgIpc) is 2.43. The summed E-state index contributed by atoms with van der Waals surface area (Å²) >= 11 is 0. The zero-order chi connectivity index (χ0) is 18.1. The van der Waals surface area contributed by atoms with Gasteiger partial charge in [0.2, 0.25) is 0 Å². The molecule has 0 aromatic carbocycles. The molecule has 2 rings (SSSR count). The second kappa shape index (κ2) is 6.89. The molecule has 0 aliphatic heterocycles. The normalized spacial score (nSPS) is 33.5. The summed E-state index contributed by atoms with van der Waals surface area (Å²) in [5.41, 5.74) is 1.73. The van der Waals surface area contributed by atoms with Crippen LogP contribution in [0.4, 0.5) is 0 Å². The van der Waals surface area contributed by atoms with Crippen molar-refractivity contribution in [3.05, 3.63) is 12.2 Å². The third kappa shape index (κ3) is 3.68. The third-order valence-corrected chi connectivity index (χ3v) is 6.89. The number of hydrogen-bond donors (Lipinski definition) is 2. The van der Waals surface area contributed by atoms with Crippen LogP contribution >= 0.6 is 0 Å². The molecule has 0 amide bonds. The quantitative estimate of drug-likeness (QED) is 0.687. The van der Waals surface area contributed by atoms with E-state index in [1.807, 2.05) is 0 Å². The van der Waals surface area contributed by atoms with Crippen molar-refractivity contribution in [3.8, 4) is 0 Å². The second-order valence-electron chi connectivity index (χ2n) is 8.86. The van der Waals surface area contributed by atoms with E-state index in [0.29, 0.717) is 23.7 Å². The molecule has 0 radical (unpaired) electrons. The van der Waals surface area contributed by atoms with Gasteiger partial charge in [0.1, 0.15) is 0 Å². The number of carboxylic acid groups (broad SMARTS) is 2. The van der Waals surface area contributed by atoms with Gasteiger partial charge in [0.25, 0.3) is 0 Å². The van der Waals surface area contributed by atoms with Crippen molar-refractivity contribution in [2.75, 3.05) is 0 Å². The van der Waals surface area contributed by atoms with Gasteiger partial charge in [0.05, 0.1) is 12.3 Å². The molecule has 136 valence electrons. The first kappa shape index (κ1) is 19.0. The summed E-state index contributed by atoms with van der Waals surface area (Å²) in [5.74, 6) is -1.88. The topological polar surface area (TPSA) is 74.6 Å². The fourth-order valence-electron chi connectivity index (χ4n) is 5.70. The van der Waals surface area contributed by atoms with Crippen molar-refractivity contribution in [3.63, 3.8) is 0 Å². The summed E-state index contributed by atoms with van der Waals surface area (Å²) in [6.07, 6.45) is 6.70. The van der Waals surface area contributed by atoms with Gasteiger partial charge < -0.3 is 10.2 Å². The first-order valence-electron chi connectivity index (χ1n) is 9.20. The number of aliphatic carboxylic acids is 2. The van der Waals surface area contributed by atoms with Gasteiger partial charge in [0.15, 0.2) is 0 Å². The number of rotatable bonds is 6. The molecule has 2 fully saturated rings. The molecular weight excluding hydrogens is 304 g/mol. The van der Waals surface area contributed by atoms with Crippen molar-refractivity contribution >= 4 is 11.9 Å². The molecule has 24 heavy (non-hydrogen) atoms. The van der Waals surface area contributed by atoms with Crippen molar-refractivity contribution in [2.24, 2.45) is 28.6 Å². The summed E-state index contributed by atoms with van der Waals surface area (Å²) < 4.78 is 0. The summed E-state index contributed by atoms with van der Waals surface area (Å²) in [6.45, 7) is 11.4. The maximum atomic E-state index is 11.4. The molecule has 4 atom stereocenters. The van der Waals surface area contributed by atoms with Crippen LogP contribution in [0, 0.1) is 28.6 Å². The molecule has 2 aliphatic carbocycles. The van der Waals surface area contributed by atoms with Crippen LogP contribution in [0.15, 0.2) is 12.2 Å². The highest BCUT2D eigenvalue weighted by Gasteiger charge is 2.52. The van der Waals surface area contributed by atoms with Crippen LogP contribution < -0.4 is 0 Å². The summed E-state index contributed by atoms with van der Waals surface area (Å²) in [5, 5.41) is 18.3. The molecule has 2 aliphatic rings. The van der Waals surface area contributed by atoms with Gasteiger partial charge in [-0.25, -0.2) is 0 Å². The molecular formula is C20H32O4. The Hall–Kier alpha value is -1.32. The lowest BCUT2D eigenvalue weighted by Crippen LogP contribution is -2.49. The Kier molecular flexibility index (Phi) is 5.46. The maximum Gasteiger partial charge on any atom is 0.307 e. The molecule has 0 spiro atoms. The molecule has 4 nitrogen and oxygen atoms in total. The average molecular weight is 336 g/mol. The van der Waals surface area contributed by atoms with Crippen LogP contribution in [0.2, 0.25) is 0 Å². The van der Waals surface area contributed by atoms with Gasteiger partial charge in [-0.15, -0.1) is 0 Å². The van der Waals surface area contributed by atoms with Crippen LogP contribution in [-0.4, -0.2) is 22.2 Å². The molecule has 2 saturated carbocycles. The van der Waals surface area contributed by atoms with Gasteiger partial charge in [-0.2, -0.15) is 0 Å². The van der Waals surface area contributed by atoms with Crippen molar-refractivity contribution in [2.45, 2.75) is 72.1 Å². The first-order chi connectivity index (χ1) is 11.1. The molecule has 0 saturated heterocycles. The van der Waals surface area contributed by atoms with Crippen LogP contribution in [-0.2, 0) is 9.59 Å². The van der Waals surface area contributed by atoms with Gasteiger partial charge in [-0.1, -0.05) is 39.3 Å². The van der Waals surface area contributed by atoms with E-state index < -0.39 is 17.9 Å². The smallest absolute Gasteiger partial charge is 0.307 e. The highest BCUT2D eigenvalue weighted by atomic mass is 16.4. The number of carbonyl (C=O) groups is 2. The predicted molar refractivity (Wildman–Crippen MR) is 93.7 cm³/mol. The molecule has 0 aromatic rings. The number of fused-ring (bicyclic) bond motifs is 1. The molecule has 0 heterocycles. The lowest BCUT2D eigenvalue weighted by atomic mass is 9.47. The minimum atomic E-state index is -1.03. The van der Waals surface area contributed by atoms with E-state index in [2.05, 4.69) is 27.4 Å². The second-order valence-corrected chi connectivity index (χ2v) is 8.86. The van der Waals surface area contributed by atoms with Crippen LogP contribution in [0.3, 0.4) is 0 Å². The highest BCUT2D eigenvalue weighted by Crippen LogP contribution is 2.61. The predicted octanol–water partition coefficient (Wildman–Crippen LogP) is 4.74. The van der Waals surface area contributed by atoms with Crippen LogP contribution in [0.5, 0.6) is 0 Å². The Labute approximate surface area is 145 Å².